The first-order valence-corrected chi connectivity index (χ1v) is 16.5. The Morgan fingerprint density at radius 1 is 1.22 bits per heavy atom. The maximum absolute atomic E-state index is 13.4. The minimum Gasteiger partial charge on any atom is -0.383 e. The molecular formula is C25H34ClN7O3Si. The third kappa shape index (κ3) is 6.46. The largest absolute Gasteiger partial charge is 0.383 e. The first kappa shape index (κ1) is 27.0. The molecule has 3 N–H and O–H groups in total. The van der Waals surface area contributed by atoms with E-state index in [4.69, 9.17) is 22.1 Å². The zero-order chi connectivity index (χ0) is 26.7. The number of nitrogens with zero attached hydrogens (tertiary/aromatic N) is 5. The van der Waals surface area contributed by atoms with Crippen molar-refractivity contribution in [1.29, 1.82) is 0 Å². The average Bonchev–Trinajstić information content (AvgIpc) is 3.27. The molecule has 3 aromatic heterocycles. The number of amides is 2. The van der Waals surface area contributed by atoms with Gasteiger partial charge in [-0.1, -0.05) is 38.2 Å². The van der Waals surface area contributed by atoms with E-state index in [2.05, 4.69) is 46.9 Å². The molecule has 37 heavy (non-hydrogen) atoms. The Morgan fingerprint density at radius 2 is 2.00 bits per heavy atom. The molecule has 0 saturated carbocycles. The highest BCUT2D eigenvalue weighted by Gasteiger charge is 2.35. The lowest BCUT2D eigenvalue weighted by Crippen LogP contribution is -2.46. The zero-order valence-corrected chi connectivity index (χ0v) is 23.5. The monoisotopic (exact) mass is 543 g/mol. The Morgan fingerprint density at radius 3 is 2.73 bits per heavy atom. The van der Waals surface area contributed by atoms with Crippen molar-refractivity contribution in [1.82, 2.24) is 24.6 Å². The predicted molar refractivity (Wildman–Crippen MR) is 147 cm³/mol. The van der Waals surface area contributed by atoms with Crippen molar-refractivity contribution in [2.45, 2.75) is 58.2 Å². The maximum atomic E-state index is 13.4. The number of hydrogen-bond donors (Lipinski definition) is 2. The molecule has 1 aliphatic heterocycles. The second kappa shape index (κ2) is 11.2. The number of piperidine rings is 1. The molecule has 3 aromatic rings. The van der Waals surface area contributed by atoms with Crippen LogP contribution in [0.3, 0.4) is 0 Å². The van der Waals surface area contributed by atoms with E-state index in [1.165, 1.54) is 6.20 Å². The van der Waals surface area contributed by atoms with E-state index in [9.17, 15) is 9.59 Å². The van der Waals surface area contributed by atoms with Crippen LogP contribution in [0, 0.1) is 5.92 Å². The molecule has 198 valence electrons. The second-order valence-corrected chi connectivity index (χ2v) is 16.9. The fourth-order valence-electron chi connectivity index (χ4n) is 4.48. The predicted octanol–water partition coefficient (Wildman–Crippen LogP) is 4.31. The summed E-state index contributed by atoms with van der Waals surface area (Å²) in [6.07, 6.45) is 7.93. The highest BCUT2D eigenvalue weighted by Crippen LogP contribution is 2.34. The number of halogens is 1. The second-order valence-electron chi connectivity index (χ2n) is 10.9. The molecule has 2 amide bonds. The molecule has 4 heterocycles. The van der Waals surface area contributed by atoms with Crippen molar-refractivity contribution in [2.75, 3.05) is 24.2 Å². The fraction of sp³-hybridized carbons (Fsp3) is 0.480. The Hall–Kier alpha value is -3.02. The van der Waals surface area contributed by atoms with Gasteiger partial charge in [0.05, 0.1) is 40.0 Å². The van der Waals surface area contributed by atoms with E-state index in [0.717, 1.165) is 24.4 Å². The highest BCUT2D eigenvalue weighted by atomic mass is 35.5. The van der Waals surface area contributed by atoms with Crippen molar-refractivity contribution < 1.29 is 14.3 Å². The summed E-state index contributed by atoms with van der Waals surface area (Å²) in [5.74, 6) is -0.834. The average molecular weight is 544 g/mol. The minimum absolute atomic E-state index is 0.196. The van der Waals surface area contributed by atoms with Crippen LogP contribution in [0.25, 0.3) is 10.9 Å². The van der Waals surface area contributed by atoms with E-state index in [0.29, 0.717) is 34.8 Å². The number of rotatable bonds is 7. The van der Waals surface area contributed by atoms with Gasteiger partial charge in [-0.3, -0.25) is 14.6 Å². The molecule has 0 aliphatic carbocycles. The first-order valence-electron chi connectivity index (χ1n) is 12.4. The molecule has 2 atom stereocenters. The lowest BCUT2D eigenvalue weighted by atomic mass is 9.90. The molecule has 1 saturated heterocycles. The van der Waals surface area contributed by atoms with Gasteiger partial charge in [0.15, 0.2) is 0 Å². The third-order valence-corrected chi connectivity index (χ3v) is 8.46. The maximum Gasteiger partial charge on any atom is 0.314 e. The van der Waals surface area contributed by atoms with Crippen LogP contribution in [0.4, 0.5) is 11.5 Å². The number of anilines is 2. The van der Waals surface area contributed by atoms with Crippen LogP contribution in [0.15, 0.2) is 30.9 Å². The van der Waals surface area contributed by atoms with E-state index in [1.54, 1.807) is 34.2 Å². The zero-order valence-electron chi connectivity index (χ0n) is 21.7. The molecule has 0 aromatic carbocycles. The van der Waals surface area contributed by atoms with Crippen LogP contribution in [0.5, 0.6) is 0 Å². The summed E-state index contributed by atoms with van der Waals surface area (Å²) in [4.78, 5) is 36.6. The van der Waals surface area contributed by atoms with Gasteiger partial charge in [0, 0.05) is 33.6 Å². The molecular weight excluding hydrogens is 510 g/mol. The Bertz CT molecular complexity index is 1290. The summed E-state index contributed by atoms with van der Waals surface area (Å²) in [5, 5.41) is 8.20. The number of nitrogens with one attached hydrogen (secondary N) is 1. The van der Waals surface area contributed by atoms with Gasteiger partial charge in [0.25, 0.3) is 0 Å². The number of pyridine rings is 2. The van der Waals surface area contributed by atoms with Gasteiger partial charge in [0.2, 0.25) is 0 Å². The quantitative estimate of drug-likeness (QED) is 0.258. The van der Waals surface area contributed by atoms with Gasteiger partial charge < -0.3 is 20.7 Å². The van der Waals surface area contributed by atoms with Crippen LogP contribution < -0.4 is 11.1 Å². The summed E-state index contributed by atoms with van der Waals surface area (Å²) in [6.45, 7) is 10.2. The molecule has 2 unspecified atom stereocenters. The molecule has 0 spiro atoms. The smallest absolute Gasteiger partial charge is 0.314 e. The summed E-state index contributed by atoms with van der Waals surface area (Å²) in [6, 6.07) is 2.53. The molecule has 12 heteroatoms. The van der Waals surface area contributed by atoms with Gasteiger partial charge in [-0.2, -0.15) is 5.10 Å². The van der Waals surface area contributed by atoms with Crippen molar-refractivity contribution >= 4 is 53.9 Å². The number of carbonyl (C=O) groups is 2. The number of aromatic nitrogens is 4. The topological polar surface area (TPSA) is 128 Å². The molecule has 10 nitrogen and oxygen atoms in total. The van der Waals surface area contributed by atoms with E-state index in [1.807, 2.05) is 0 Å². The van der Waals surface area contributed by atoms with Gasteiger partial charge in [-0.25, -0.2) is 9.67 Å². The number of ether oxygens (including phenoxy) is 1. The third-order valence-electron chi connectivity index (χ3n) is 6.54. The Balaban J connectivity index is 1.55. The summed E-state index contributed by atoms with van der Waals surface area (Å²) in [7, 11) is -1.24. The van der Waals surface area contributed by atoms with Crippen LogP contribution >= 0.6 is 11.6 Å². The number of likely N-dealkylation sites (tertiary alicyclic amines) is 1. The Labute approximate surface area is 222 Å². The summed E-state index contributed by atoms with van der Waals surface area (Å²) >= 11 is 6.15. The standard InChI is InChI=1S/C25H34ClN7O3Si/c1-16-5-6-21(17-9-18(26)11-28-10-17)32(14-16)25(35)24(34)31-20-13-29-23(27)19-12-30-33(22(19)20)15-36-7-8-37(2,3)4/h9-13,16,21H,5-8,14-15H2,1-4H3,(H2,27,29)(H,31,34). The van der Waals surface area contributed by atoms with Crippen LogP contribution in [0.1, 0.15) is 31.4 Å². The van der Waals surface area contributed by atoms with Crippen molar-refractivity contribution in [3.63, 3.8) is 0 Å². The normalized spacial score (nSPS) is 18.2. The SMILES string of the molecule is CC1CCC(c2cncc(Cl)c2)N(C(=O)C(=O)Nc2cnc(N)c3cnn(COCC[Si](C)(C)C)c23)C1. The molecule has 0 bridgehead atoms. The molecule has 4 rings (SSSR count). The van der Waals surface area contributed by atoms with E-state index < -0.39 is 19.9 Å². The molecule has 1 aliphatic rings. The van der Waals surface area contributed by atoms with E-state index in [-0.39, 0.29) is 24.5 Å². The van der Waals surface area contributed by atoms with Gasteiger partial charge in [-0.05, 0) is 36.4 Å². The lowest BCUT2D eigenvalue weighted by molar-refractivity contribution is -0.146. The van der Waals surface area contributed by atoms with Crippen LogP contribution in [0.2, 0.25) is 30.7 Å². The lowest BCUT2D eigenvalue weighted by Gasteiger charge is -2.38. The highest BCUT2D eigenvalue weighted by molar-refractivity contribution is 6.76. The number of hydrogen-bond acceptors (Lipinski definition) is 7. The van der Waals surface area contributed by atoms with Gasteiger partial charge in [0.1, 0.15) is 12.5 Å². The van der Waals surface area contributed by atoms with Crippen molar-refractivity contribution in [2.24, 2.45) is 5.92 Å². The molecule has 1 fully saturated rings. The number of fused-ring (bicyclic) bond motifs is 1. The summed E-state index contributed by atoms with van der Waals surface area (Å²) in [5.41, 5.74) is 7.78. The number of carbonyl (C=O) groups excluding carboxylic acids is 2. The first-order chi connectivity index (χ1) is 17.5. The number of nitrogens with two attached hydrogens (primary N) is 1. The van der Waals surface area contributed by atoms with Crippen LogP contribution in [-0.4, -0.2) is 57.7 Å². The van der Waals surface area contributed by atoms with Gasteiger partial charge >= 0.3 is 11.8 Å². The molecule has 0 radical (unpaired) electrons. The summed E-state index contributed by atoms with van der Waals surface area (Å²) < 4.78 is 7.48. The van der Waals surface area contributed by atoms with Crippen molar-refractivity contribution in [3.05, 3.63) is 41.4 Å². The van der Waals surface area contributed by atoms with Crippen molar-refractivity contribution in [3.8, 4) is 0 Å². The Kier molecular flexibility index (Phi) is 8.15. The fourth-order valence-corrected chi connectivity index (χ4v) is 5.42. The number of nitrogen functional groups attached to an aromatic ring is 1. The van der Waals surface area contributed by atoms with Crippen LogP contribution in [-0.2, 0) is 21.1 Å². The van der Waals surface area contributed by atoms with Gasteiger partial charge in [-0.15, -0.1) is 0 Å². The van der Waals surface area contributed by atoms with E-state index >= 15 is 0 Å². The minimum atomic E-state index is -1.24.